The number of esters is 3. The van der Waals surface area contributed by atoms with Gasteiger partial charge in [0.25, 0.3) is 0 Å². The van der Waals surface area contributed by atoms with Crippen molar-refractivity contribution in [1.82, 2.24) is 0 Å². The molecule has 0 N–H and O–H groups in total. The van der Waals surface area contributed by atoms with Gasteiger partial charge in [-0.3, -0.25) is 14.4 Å². The molecule has 0 rings (SSSR count). The Labute approximate surface area is 469 Å². The van der Waals surface area contributed by atoms with Crippen molar-refractivity contribution in [2.75, 3.05) is 13.2 Å². The second kappa shape index (κ2) is 63.3. The third-order valence-corrected chi connectivity index (χ3v) is 13.2. The van der Waals surface area contributed by atoms with E-state index in [2.05, 4.69) is 142 Å². The van der Waals surface area contributed by atoms with E-state index in [-0.39, 0.29) is 31.1 Å². The van der Waals surface area contributed by atoms with Crippen LogP contribution in [0.5, 0.6) is 0 Å². The second-order valence-electron chi connectivity index (χ2n) is 20.6. The number of allylic oxidation sites excluding steroid dienone is 20. The van der Waals surface area contributed by atoms with Gasteiger partial charge in [-0.05, 0) is 116 Å². The lowest BCUT2D eigenvalue weighted by Gasteiger charge is -2.18. The van der Waals surface area contributed by atoms with Crippen molar-refractivity contribution in [2.45, 2.75) is 290 Å². The van der Waals surface area contributed by atoms with Crippen LogP contribution in [-0.4, -0.2) is 37.2 Å². The number of carbonyl (C=O) groups excluding carboxylic acids is 3. The normalized spacial score (nSPS) is 12.9. The lowest BCUT2D eigenvalue weighted by Crippen LogP contribution is -2.30. The Morgan fingerprint density at radius 3 is 0.803 bits per heavy atom. The first-order valence-electron chi connectivity index (χ1n) is 31.5. The molecule has 0 aliphatic heterocycles. The average molecular weight is 1050 g/mol. The van der Waals surface area contributed by atoms with E-state index in [4.69, 9.17) is 14.2 Å². The number of rotatable bonds is 56. The van der Waals surface area contributed by atoms with E-state index in [1.54, 1.807) is 0 Å². The van der Waals surface area contributed by atoms with E-state index < -0.39 is 6.10 Å². The molecule has 76 heavy (non-hydrogen) atoms. The van der Waals surface area contributed by atoms with Gasteiger partial charge >= 0.3 is 17.9 Å². The topological polar surface area (TPSA) is 78.9 Å². The molecule has 0 aromatic heterocycles. The summed E-state index contributed by atoms with van der Waals surface area (Å²) in [6.07, 6.45) is 87.8. The molecule has 0 amide bonds. The molecule has 0 saturated heterocycles. The molecule has 0 aromatic carbocycles. The fourth-order valence-electron chi connectivity index (χ4n) is 8.49. The predicted octanol–water partition coefficient (Wildman–Crippen LogP) is 21.6. The Kier molecular flexibility index (Phi) is 59.9. The molecule has 0 aliphatic rings. The third kappa shape index (κ3) is 60.7. The maximum absolute atomic E-state index is 12.9. The molecule has 1 unspecified atom stereocenters. The van der Waals surface area contributed by atoms with Crippen LogP contribution in [-0.2, 0) is 28.6 Å². The summed E-state index contributed by atoms with van der Waals surface area (Å²) < 4.78 is 16.8. The van der Waals surface area contributed by atoms with Crippen LogP contribution in [0.3, 0.4) is 0 Å². The van der Waals surface area contributed by atoms with Crippen LogP contribution in [0.25, 0.3) is 0 Å². The maximum atomic E-state index is 12.9. The van der Waals surface area contributed by atoms with Crippen molar-refractivity contribution in [2.24, 2.45) is 0 Å². The SMILES string of the molecule is CC/C=C\C/C=C\C/C=C\C/C=C\C/C=C\C/C=C\C/C=C\CCCCCCCC(=O)OCC(COC(=O)CCCCCCCCCC)OC(=O)CCCCCCCCCC/C=C\C/C=C\C/C=C\CCCCCCC. The van der Waals surface area contributed by atoms with Crippen LogP contribution >= 0.6 is 0 Å². The van der Waals surface area contributed by atoms with E-state index in [9.17, 15) is 14.4 Å². The fraction of sp³-hybridized carbons (Fsp3) is 0.671. The first-order valence-corrected chi connectivity index (χ1v) is 31.5. The molecule has 0 bridgehead atoms. The van der Waals surface area contributed by atoms with Crippen molar-refractivity contribution in [3.63, 3.8) is 0 Å². The third-order valence-electron chi connectivity index (χ3n) is 13.2. The van der Waals surface area contributed by atoms with E-state index >= 15 is 0 Å². The number of hydrogen-bond donors (Lipinski definition) is 0. The number of ether oxygens (including phenoxy) is 3. The molecule has 1 atom stereocenters. The highest BCUT2D eigenvalue weighted by Crippen LogP contribution is 2.15. The molecule has 0 radical (unpaired) electrons. The molecule has 0 heterocycles. The number of unbranched alkanes of at least 4 members (excludes halogenated alkanes) is 25. The van der Waals surface area contributed by atoms with E-state index in [0.717, 1.165) is 141 Å². The standard InChI is InChI=1S/C70H116O6/c1-4-7-10-13-16-19-21-23-25-27-29-31-33-34-35-36-38-39-41-43-45-47-49-51-54-57-60-63-69(72)75-66-67(65-74-68(71)62-59-56-53-18-15-12-9-6-3)76-70(73)64-61-58-55-52-50-48-46-44-42-40-37-32-30-28-26-24-22-20-17-14-11-8-5-2/h7,10,16,19,22-25,28-31,34-35,37-40,43,45,67H,4-6,8-9,11-15,17-18,20-21,26-27,32-33,36,41-42,44,46-66H2,1-3H3/b10-7-,19-16-,24-22-,25-23-,30-28-,31-29-,35-34-,39-38-,40-37-,45-43-. The molecule has 0 saturated carbocycles. The molecule has 6 heteroatoms. The summed E-state index contributed by atoms with van der Waals surface area (Å²) in [6.45, 7) is 6.47. The van der Waals surface area contributed by atoms with Crippen LogP contribution in [0, 0.1) is 0 Å². The van der Waals surface area contributed by atoms with Crippen molar-refractivity contribution < 1.29 is 28.6 Å². The highest BCUT2D eigenvalue weighted by atomic mass is 16.6. The molecule has 432 valence electrons. The quantitative estimate of drug-likeness (QED) is 0.0261. The molecule has 6 nitrogen and oxygen atoms in total. The minimum Gasteiger partial charge on any atom is -0.462 e. The summed E-state index contributed by atoms with van der Waals surface area (Å²) in [7, 11) is 0. The zero-order valence-corrected chi connectivity index (χ0v) is 49.5. The van der Waals surface area contributed by atoms with Gasteiger partial charge in [0.15, 0.2) is 6.10 Å². The molecule has 0 aliphatic carbocycles. The molecular weight excluding hydrogens is 937 g/mol. The van der Waals surface area contributed by atoms with Gasteiger partial charge in [-0.1, -0.05) is 271 Å². The maximum Gasteiger partial charge on any atom is 0.306 e. The highest BCUT2D eigenvalue weighted by Gasteiger charge is 2.19. The van der Waals surface area contributed by atoms with Crippen LogP contribution in [0.4, 0.5) is 0 Å². The summed E-state index contributed by atoms with van der Waals surface area (Å²) in [6, 6.07) is 0. The van der Waals surface area contributed by atoms with Gasteiger partial charge in [0.05, 0.1) is 0 Å². The van der Waals surface area contributed by atoms with E-state index in [0.29, 0.717) is 19.3 Å². The van der Waals surface area contributed by atoms with Crippen LogP contribution in [0.2, 0.25) is 0 Å². The Morgan fingerprint density at radius 1 is 0.276 bits per heavy atom. The lowest BCUT2D eigenvalue weighted by atomic mass is 10.1. The van der Waals surface area contributed by atoms with Gasteiger partial charge in [0, 0.05) is 19.3 Å². The summed E-state index contributed by atoms with van der Waals surface area (Å²) in [5.41, 5.74) is 0. The lowest BCUT2D eigenvalue weighted by molar-refractivity contribution is -0.167. The zero-order valence-electron chi connectivity index (χ0n) is 49.5. The van der Waals surface area contributed by atoms with Gasteiger partial charge in [0.2, 0.25) is 0 Å². The van der Waals surface area contributed by atoms with Crippen LogP contribution in [0.1, 0.15) is 284 Å². The Morgan fingerprint density at radius 2 is 0.513 bits per heavy atom. The summed E-state index contributed by atoms with van der Waals surface area (Å²) >= 11 is 0. The zero-order chi connectivity index (χ0) is 55.0. The largest absolute Gasteiger partial charge is 0.462 e. The smallest absolute Gasteiger partial charge is 0.306 e. The van der Waals surface area contributed by atoms with Gasteiger partial charge in [-0.15, -0.1) is 0 Å². The van der Waals surface area contributed by atoms with Gasteiger partial charge in [-0.2, -0.15) is 0 Å². The van der Waals surface area contributed by atoms with Gasteiger partial charge < -0.3 is 14.2 Å². The summed E-state index contributed by atoms with van der Waals surface area (Å²) in [5, 5.41) is 0. The first-order chi connectivity index (χ1) is 37.5. The predicted molar refractivity (Wildman–Crippen MR) is 330 cm³/mol. The molecular formula is C70H116O6. The van der Waals surface area contributed by atoms with Gasteiger partial charge in [0.1, 0.15) is 13.2 Å². The van der Waals surface area contributed by atoms with E-state index in [1.807, 2.05) is 0 Å². The van der Waals surface area contributed by atoms with Crippen LogP contribution in [0.15, 0.2) is 122 Å². The number of carbonyl (C=O) groups is 3. The number of hydrogen-bond acceptors (Lipinski definition) is 6. The summed E-state index contributed by atoms with van der Waals surface area (Å²) in [5.74, 6) is -0.918. The first kappa shape index (κ1) is 71.8. The molecule has 0 fully saturated rings. The second-order valence-corrected chi connectivity index (χ2v) is 20.6. The molecule has 0 aromatic rings. The molecule has 0 spiro atoms. The van der Waals surface area contributed by atoms with Crippen molar-refractivity contribution in [3.05, 3.63) is 122 Å². The monoisotopic (exact) mass is 1050 g/mol. The minimum absolute atomic E-state index is 0.0885. The van der Waals surface area contributed by atoms with Crippen molar-refractivity contribution in [3.8, 4) is 0 Å². The van der Waals surface area contributed by atoms with Gasteiger partial charge in [-0.25, -0.2) is 0 Å². The van der Waals surface area contributed by atoms with Crippen molar-refractivity contribution >= 4 is 17.9 Å². The average Bonchev–Trinajstić information content (AvgIpc) is 3.42. The van der Waals surface area contributed by atoms with Crippen LogP contribution < -0.4 is 0 Å². The Bertz CT molecular complexity index is 1590. The Balaban J connectivity index is 4.28. The minimum atomic E-state index is -0.792. The van der Waals surface area contributed by atoms with Crippen molar-refractivity contribution in [1.29, 1.82) is 0 Å². The summed E-state index contributed by atoms with van der Waals surface area (Å²) in [4.78, 5) is 38.1. The van der Waals surface area contributed by atoms with E-state index in [1.165, 1.54) is 103 Å². The Hall–Kier alpha value is -4.19. The fourth-order valence-corrected chi connectivity index (χ4v) is 8.49. The highest BCUT2D eigenvalue weighted by molar-refractivity contribution is 5.71.